The Morgan fingerprint density at radius 2 is 2.05 bits per heavy atom. The van der Waals surface area contributed by atoms with Gasteiger partial charge in [0, 0.05) is 12.5 Å². The number of hydrogen-bond donors (Lipinski definition) is 1. The van der Waals surface area contributed by atoms with E-state index in [4.69, 9.17) is 10.5 Å². The molecular weight excluding hydrogens is 240 g/mol. The van der Waals surface area contributed by atoms with Crippen molar-refractivity contribution in [2.24, 2.45) is 5.73 Å². The average Bonchev–Trinajstić information content (AvgIpc) is 2.42. The molecule has 104 valence electrons. The van der Waals surface area contributed by atoms with Gasteiger partial charge in [0.25, 0.3) is 0 Å². The van der Waals surface area contributed by atoms with Crippen molar-refractivity contribution >= 4 is 5.97 Å². The van der Waals surface area contributed by atoms with Gasteiger partial charge < -0.3 is 10.5 Å². The highest BCUT2D eigenvalue weighted by molar-refractivity contribution is 5.77. The van der Waals surface area contributed by atoms with Crippen molar-refractivity contribution in [2.75, 3.05) is 27.2 Å². The highest BCUT2D eigenvalue weighted by Gasteiger charge is 2.30. The van der Waals surface area contributed by atoms with Crippen LogP contribution in [-0.4, -0.2) is 44.2 Å². The first-order valence-electron chi connectivity index (χ1n) is 6.32. The smallest absolute Gasteiger partial charge is 0.324 e. The van der Waals surface area contributed by atoms with Crippen LogP contribution in [0.4, 0.5) is 0 Å². The second-order valence-corrected chi connectivity index (χ2v) is 4.54. The Balaban J connectivity index is 2.96. The highest BCUT2D eigenvalue weighted by Crippen LogP contribution is 2.24. The van der Waals surface area contributed by atoms with Crippen molar-refractivity contribution in [2.45, 2.75) is 12.0 Å². The lowest BCUT2D eigenvalue weighted by molar-refractivity contribution is -0.149. The molecule has 0 spiro atoms. The molecule has 1 aromatic rings. The zero-order valence-corrected chi connectivity index (χ0v) is 11.6. The zero-order chi connectivity index (χ0) is 14.3. The number of hydrogen-bond acceptors (Lipinski definition) is 4. The molecule has 1 aromatic carbocycles. The first-order chi connectivity index (χ1) is 9.11. The summed E-state index contributed by atoms with van der Waals surface area (Å²) in [6.07, 6.45) is 1.78. The van der Waals surface area contributed by atoms with Crippen molar-refractivity contribution in [1.29, 1.82) is 0 Å². The summed E-state index contributed by atoms with van der Waals surface area (Å²) >= 11 is 0. The fourth-order valence-corrected chi connectivity index (χ4v) is 2.05. The van der Waals surface area contributed by atoms with Gasteiger partial charge in [-0.2, -0.15) is 0 Å². The van der Waals surface area contributed by atoms with Gasteiger partial charge in [-0.1, -0.05) is 36.4 Å². The standard InChI is InChI=1S/C15H22N2O2/c1-4-13(12-8-6-5-7-9-12)14(17(2)3)15(18)19-11-10-16/h4-9,13-14H,1,10-11,16H2,2-3H3/t13-,14-/m0/s1. The SMILES string of the molecule is C=C[C@@H](c1ccccc1)[C@@H](C(=O)OCCN)N(C)C. The second kappa shape index (κ2) is 7.71. The summed E-state index contributed by atoms with van der Waals surface area (Å²) in [6.45, 7) is 4.41. The summed E-state index contributed by atoms with van der Waals surface area (Å²) < 4.78 is 5.17. The average molecular weight is 262 g/mol. The van der Waals surface area contributed by atoms with Crippen LogP contribution >= 0.6 is 0 Å². The largest absolute Gasteiger partial charge is 0.463 e. The van der Waals surface area contributed by atoms with Gasteiger partial charge in [-0.3, -0.25) is 9.69 Å². The maximum absolute atomic E-state index is 12.2. The number of benzene rings is 1. The Morgan fingerprint density at radius 1 is 1.42 bits per heavy atom. The molecule has 0 aliphatic carbocycles. The molecule has 19 heavy (non-hydrogen) atoms. The molecule has 0 aromatic heterocycles. The summed E-state index contributed by atoms with van der Waals surface area (Å²) in [5.74, 6) is -0.384. The molecule has 0 saturated heterocycles. The monoisotopic (exact) mass is 262 g/mol. The lowest BCUT2D eigenvalue weighted by Crippen LogP contribution is -2.42. The minimum atomic E-state index is -0.397. The van der Waals surface area contributed by atoms with Gasteiger partial charge in [-0.25, -0.2) is 0 Å². The van der Waals surface area contributed by atoms with E-state index in [1.807, 2.05) is 49.3 Å². The Hall–Kier alpha value is -1.65. The minimum absolute atomic E-state index is 0.110. The summed E-state index contributed by atoms with van der Waals surface area (Å²) in [6, 6.07) is 9.42. The molecule has 0 heterocycles. The first-order valence-corrected chi connectivity index (χ1v) is 6.32. The van der Waals surface area contributed by atoms with E-state index in [-0.39, 0.29) is 18.5 Å². The predicted octanol–water partition coefficient (Wildman–Crippen LogP) is 1.39. The van der Waals surface area contributed by atoms with Crippen LogP contribution in [0, 0.1) is 0 Å². The van der Waals surface area contributed by atoms with Gasteiger partial charge in [0.05, 0.1) is 0 Å². The number of rotatable bonds is 7. The van der Waals surface area contributed by atoms with Crippen LogP contribution in [-0.2, 0) is 9.53 Å². The van der Waals surface area contributed by atoms with E-state index in [1.54, 1.807) is 6.08 Å². The van der Waals surface area contributed by atoms with E-state index in [1.165, 1.54) is 0 Å². The van der Waals surface area contributed by atoms with E-state index in [9.17, 15) is 4.79 Å². The van der Waals surface area contributed by atoms with Gasteiger partial charge in [0.15, 0.2) is 0 Å². The topological polar surface area (TPSA) is 55.6 Å². The number of ether oxygens (including phenoxy) is 1. The molecule has 0 radical (unpaired) electrons. The summed E-state index contributed by atoms with van der Waals surface area (Å²) in [4.78, 5) is 14.0. The maximum atomic E-state index is 12.2. The predicted molar refractivity (Wildman–Crippen MR) is 76.9 cm³/mol. The number of nitrogens with zero attached hydrogens (tertiary/aromatic N) is 1. The highest BCUT2D eigenvalue weighted by atomic mass is 16.5. The van der Waals surface area contributed by atoms with Crippen molar-refractivity contribution in [3.8, 4) is 0 Å². The second-order valence-electron chi connectivity index (χ2n) is 4.54. The molecule has 0 saturated carbocycles. The van der Waals surface area contributed by atoms with E-state index in [0.717, 1.165) is 5.56 Å². The van der Waals surface area contributed by atoms with E-state index >= 15 is 0 Å². The Kier molecular flexibility index (Phi) is 6.25. The summed E-state index contributed by atoms with van der Waals surface area (Å²) in [7, 11) is 3.71. The van der Waals surface area contributed by atoms with Crippen LogP contribution in [0.15, 0.2) is 43.0 Å². The van der Waals surface area contributed by atoms with Crippen molar-refractivity contribution in [1.82, 2.24) is 4.90 Å². The molecule has 0 aliphatic rings. The summed E-state index contributed by atoms with van der Waals surface area (Å²) in [5.41, 5.74) is 6.40. The number of nitrogens with two attached hydrogens (primary N) is 1. The van der Waals surface area contributed by atoms with Crippen LogP contribution in [0.3, 0.4) is 0 Å². The van der Waals surface area contributed by atoms with Crippen LogP contribution < -0.4 is 5.73 Å². The third-order valence-electron chi connectivity index (χ3n) is 2.94. The number of esters is 1. The molecule has 0 unspecified atom stereocenters. The number of carbonyl (C=O) groups excluding carboxylic acids is 1. The molecule has 0 bridgehead atoms. The molecular formula is C15H22N2O2. The lowest BCUT2D eigenvalue weighted by atomic mass is 9.91. The third kappa shape index (κ3) is 4.19. The van der Waals surface area contributed by atoms with Crippen LogP contribution in [0.1, 0.15) is 11.5 Å². The first kappa shape index (κ1) is 15.4. The third-order valence-corrected chi connectivity index (χ3v) is 2.94. The fourth-order valence-electron chi connectivity index (χ4n) is 2.05. The van der Waals surface area contributed by atoms with Gasteiger partial charge in [-0.15, -0.1) is 6.58 Å². The maximum Gasteiger partial charge on any atom is 0.324 e. The Bertz CT molecular complexity index is 404. The fraction of sp³-hybridized carbons (Fsp3) is 0.400. The van der Waals surface area contributed by atoms with Gasteiger partial charge in [0.1, 0.15) is 12.6 Å². The molecule has 4 heteroatoms. The van der Waals surface area contributed by atoms with Crippen LogP contribution in [0.2, 0.25) is 0 Å². The molecule has 2 N–H and O–H groups in total. The van der Waals surface area contributed by atoms with Crippen molar-refractivity contribution in [3.63, 3.8) is 0 Å². The lowest BCUT2D eigenvalue weighted by Gasteiger charge is -2.28. The molecule has 2 atom stereocenters. The summed E-state index contributed by atoms with van der Waals surface area (Å²) in [5, 5.41) is 0. The van der Waals surface area contributed by atoms with Gasteiger partial charge in [-0.05, 0) is 19.7 Å². The molecule has 0 aliphatic heterocycles. The minimum Gasteiger partial charge on any atom is -0.463 e. The van der Waals surface area contributed by atoms with Gasteiger partial charge >= 0.3 is 5.97 Å². The molecule has 4 nitrogen and oxygen atoms in total. The number of carbonyl (C=O) groups is 1. The van der Waals surface area contributed by atoms with E-state index in [2.05, 4.69) is 6.58 Å². The van der Waals surface area contributed by atoms with Crippen LogP contribution in [0.25, 0.3) is 0 Å². The molecule has 1 rings (SSSR count). The van der Waals surface area contributed by atoms with Crippen molar-refractivity contribution < 1.29 is 9.53 Å². The quantitative estimate of drug-likeness (QED) is 0.596. The molecule has 0 fully saturated rings. The normalized spacial score (nSPS) is 13.9. The Morgan fingerprint density at radius 3 is 2.53 bits per heavy atom. The van der Waals surface area contributed by atoms with Crippen molar-refractivity contribution in [3.05, 3.63) is 48.6 Å². The van der Waals surface area contributed by atoms with E-state index < -0.39 is 6.04 Å². The van der Waals surface area contributed by atoms with E-state index in [0.29, 0.717) is 6.54 Å². The zero-order valence-electron chi connectivity index (χ0n) is 11.6. The molecule has 0 amide bonds. The van der Waals surface area contributed by atoms with Crippen LogP contribution in [0.5, 0.6) is 0 Å². The Labute approximate surface area is 114 Å². The van der Waals surface area contributed by atoms with Gasteiger partial charge in [0.2, 0.25) is 0 Å². The number of likely N-dealkylation sites (N-methyl/N-ethyl adjacent to an activating group) is 1.